The summed E-state index contributed by atoms with van der Waals surface area (Å²) >= 11 is 0. The van der Waals surface area contributed by atoms with Crippen molar-refractivity contribution in [3.63, 3.8) is 0 Å². The van der Waals surface area contributed by atoms with Gasteiger partial charge in [-0.1, -0.05) is 6.07 Å². The number of rotatable bonds is 7. The molecule has 0 saturated heterocycles. The summed E-state index contributed by atoms with van der Waals surface area (Å²) in [6.45, 7) is 10.8. The van der Waals surface area contributed by atoms with Crippen LogP contribution in [0.4, 0.5) is 8.78 Å². The summed E-state index contributed by atoms with van der Waals surface area (Å²) in [5, 5.41) is 9.03. The van der Waals surface area contributed by atoms with E-state index in [2.05, 4.69) is 20.9 Å². The number of aliphatic imine (C=N–C) groups is 1. The third-order valence-electron chi connectivity index (χ3n) is 3.73. The molecule has 0 bridgehead atoms. The Morgan fingerprint density at radius 1 is 1.15 bits per heavy atom. The van der Waals surface area contributed by atoms with Crippen LogP contribution in [0.15, 0.2) is 23.2 Å². The third-order valence-corrected chi connectivity index (χ3v) is 3.73. The van der Waals surface area contributed by atoms with E-state index in [9.17, 15) is 13.6 Å². The van der Waals surface area contributed by atoms with Gasteiger partial charge in [-0.3, -0.25) is 9.79 Å². The lowest BCUT2D eigenvalue weighted by atomic mass is 9.92. The van der Waals surface area contributed by atoms with Crippen molar-refractivity contribution in [2.45, 2.75) is 40.7 Å². The molecule has 0 aliphatic rings. The monoisotopic (exact) mass is 482 g/mol. The first-order chi connectivity index (χ1) is 11.7. The highest BCUT2D eigenvalue weighted by Gasteiger charge is 2.27. The average molecular weight is 482 g/mol. The van der Waals surface area contributed by atoms with Gasteiger partial charge in [0.25, 0.3) is 0 Å². The van der Waals surface area contributed by atoms with Crippen LogP contribution in [-0.4, -0.2) is 31.5 Å². The SMILES string of the molecule is CCNC(=O)C(C)(C)CN=C(NCC)NC(C)c1ccc(F)c(F)c1.I. The third kappa shape index (κ3) is 7.43. The minimum absolute atomic E-state index is 0. The van der Waals surface area contributed by atoms with Gasteiger partial charge >= 0.3 is 0 Å². The number of guanidine groups is 1. The Morgan fingerprint density at radius 2 is 1.77 bits per heavy atom. The van der Waals surface area contributed by atoms with Crippen molar-refractivity contribution in [1.82, 2.24) is 16.0 Å². The van der Waals surface area contributed by atoms with E-state index in [0.717, 1.165) is 12.1 Å². The van der Waals surface area contributed by atoms with Gasteiger partial charge < -0.3 is 16.0 Å². The van der Waals surface area contributed by atoms with Crippen LogP contribution in [0.3, 0.4) is 0 Å². The fourth-order valence-corrected chi connectivity index (χ4v) is 2.14. The van der Waals surface area contributed by atoms with Crippen LogP contribution < -0.4 is 16.0 Å². The molecule has 0 spiro atoms. The molecule has 8 heteroatoms. The molecule has 0 aromatic heterocycles. The van der Waals surface area contributed by atoms with Crippen LogP contribution in [-0.2, 0) is 4.79 Å². The number of nitrogens with zero attached hydrogens (tertiary/aromatic N) is 1. The summed E-state index contributed by atoms with van der Waals surface area (Å²) in [5.74, 6) is -1.31. The molecular formula is C18H29F2IN4O. The molecule has 0 aliphatic carbocycles. The molecule has 1 unspecified atom stereocenters. The Morgan fingerprint density at radius 3 is 2.31 bits per heavy atom. The topological polar surface area (TPSA) is 65.5 Å². The number of carbonyl (C=O) groups is 1. The van der Waals surface area contributed by atoms with Gasteiger partial charge in [0, 0.05) is 13.1 Å². The van der Waals surface area contributed by atoms with Crippen LogP contribution >= 0.6 is 24.0 Å². The molecule has 26 heavy (non-hydrogen) atoms. The Hall–Kier alpha value is -1.45. The summed E-state index contributed by atoms with van der Waals surface area (Å²) in [5.41, 5.74) is -0.0451. The van der Waals surface area contributed by atoms with E-state index in [1.807, 2.05) is 34.6 Å². The van der Waals surface area contributed by atoms with Crippen molar-refractivity contribution < 1.29 is 13.6 Å². The van der Waals surface area contributed by atoms with E-state index in [0.29, 0.717) is 31.2 Å². The van der Waals surface area contributed by atoms with Crippen molar-refractivity contribution in [3.8, 4) is 0 Å². The first-order valence-corrected chi connectivity index (χ1v) is 8.49. The Bertz CT molecular complexity index is 623. The molecule has 0 aliphatic heterocycles. The van der Waals surface area contributed by atoms with E-state index in [1.54, 1.807) is 0 Å². The molecule has 0 heterocycles. The first kappa shape index (κ1) is 24.6. The minimum atomic E-state index is -0.884. The average Bonchev–Trinajstić information content (AvgIpc) is 2.55. The smallest absolute Gasteiger partial charge is 0.227 e. The molecule has 5 nitrogen and oxygen atoms in total. The van der Waals surface area contributed by atoms with Crippen LogP contribution in [0.25, 0.3) is 0 Å². The maximum absolute atomic E-state index is 13.4. The van der Waals surface area contributed by atoms with E-state index >= 15 is 0 Å². The molecule has 148 valence electrons. The van der Waals surface area contributed by atoms with E-state index < -0.39 is 17.0 Å². The Balaban J connectivity index is 0.00000625. The number of amides is 1. The molecule has 1 aromatic carbocycles. The van der Waals surface area contributed by atoms with Crippen molar-refractivity contribution in [3.05, 3.63) is 35.4 Å². The van der Waals surface area contributed by atoms with E-state index in [4.69, 9.17) is 0 Å². The van der Waals surface area contributed by atoms with Gasteiger partial charge in [-0.2, -0.15) is 0 Å². The van der Waals surface area contributed by atoms with Gasteiger partial charge in [0.15, 0.2) is 17.6 Å². The van der Waals surface area contributed by atoms with Crippen LogP contribution in [0, 0.1) is 17.0 Å². The lowest BCUT2D eigenvalue weighted by molar-refractivity contribution is -0.128. The fourth-order valence-electron chi connectivity index (χ4n) is 2.14. The van der Waals surface area contributed by atoms with Crippen molar-refractivity contribution in [1.29, 1.82) is 0 Å². The highest BCUT2D eigenvalue weighted by atomic mass is 127. The summed E-state index contributed by atoms with van der Waals surface area (Å²) < 4.78 is 26.5. The molecule has 1 atom stereocenters. The van der Waals surface area contributed by atoms with Crippen LogP contribution in [0.5, 0.6) is 0 Å². The van der Waals surface area contributed by atoms with Gasteiger partial charge in [0.1, 0.15) is 0 Å². The molecule has 1 rings (SSSR count). The Kier molecular flexibility index (Phi) is 10.7. The minimum Gasteiger partial charge on any atom is -0.357 e. The molecular weight excluding hydrogens is 453 g/mol. The number of halogens is 3. The predicted octanol–water partition coefficient (Wildman–Crippen LogP) is 3.36. The molecule has 0 saturated carbocycles. The second-order valence-electron chi connectivity index (χ2n) is 6.48. The lowest BCUT2D eigenvalue weighted by Gasteiger charge is -2.23. The molecule has 1 amide bonds. The quantitative estimate of drug-likeness (QED) is 0.317. The zero-order valence-corrected chi connectivity index (χ0v) is 18.3. The number of carbonyl (C=O) groups excluding carboxylic acids is 1. The highest BCUT2D eigenvalue weighted by Crippen LogP contribution is 2.17. The molecule has 0 radical (unpaired) electrons. The standard InChI is InChI=1S/C18H28F2N4O.HI/c1-6-21-16(25)18(4,5)11-23-17(22-7-2)24-12(3)13-8-9-14(19)15(20)10-13;/h8-10,12H,6-7,11H2,1-5H3,(H,21,25)(H2,22,23,24);1H. The molecule has 0 fully saturated rings. The van der Waals surface area contributed by atoms with Crippen molar-refractivity contribution in [2.24, 2.45) is 10.4 Å². The van der Waals surface area contributed by atoms with Gasteiger partial charge in [0.2, 0.25) is 5.91 Å². The van der Waals surface area contributed by atoms with Crippen LogP contribution in [0.2, 0.25) is 0 Å². The van der Waals surface area contributed by atoms with Crippen molar-refractivity contribution >= 4 is 35.8 Å². The Labute approximate surface area is 171 Å². The largest absolute Gasteiger partial charge is 0.357 e. The normalized spacial score (nSPS) is 12.8. The summed E-state index contributed by atoms with van der Waals surface area (Å²) in [7, 11) is 0. The van der Waals surface area contributed by atoms with Gasteiger partial charge in [0.05, 0.1) is 18.0 Å². The number of nitrogens with one attached hydrogen (secondary N) is 3. The second kappa shape index (κ2) is 11.3. The summed E-state index contributed by atoms with van der Waals surface area (Å²) in [6, 6.07) is 3.51. The van der Waals surface area contributed by atoms with E-state index in [1.165, 1.54) is 6.07 Å². The maximum Gasteiger partial charge on any atom is 0.227 e. The zero-order valence-electron chi connectivity index (χ0n) is 16.0. The maximum atomic E-state index is 13.4. The van der Waals surface area contributed by atoms with Gasteiger partial charge in [-0.05, 0) is 52.3 Å². The summed E-state index contributed by atoms with van der Waals surface area (Å²) in [6.07, 6.45) is 0. The first-order valence-electron chi connectivity index (χ1n) is 8.49. The van der Waals surface area contributed by atoms with Crippen molar-refractivity contribution in [2.75, 3.05) is 19.6 Å². The number of benzene rings is 1. The molecule has 1 aromatic rings. The second-order valence-corrected chi connectivity index (χ2v) is 6.48. The zero-order chi connectivity index (χ0) is 19.0. The predicted molar refractivity (Wildman–Crippen MR) is 112 cm³/mol. The fraction of sp³-hybridized carbons (Fsp3) is 0.556. The van der Waals surface area contributed by atoms with E-state index in [-0.39, 0.29) is 35.9 Å². The summed E-state index contributed by atoms with van der Waals surface area (Å²) in [4.78, 5) is 16.5. The number of hydrogen-bond acceptors (Lipinski definition) is 2. The van der Waals surface area contributed by atoms with Gasteiger partial charge in [-0.25, -0.2) is 8.78 Å². The highest BCUT2D eigenvalue weighted by molar-refractivity contribution is 14.0. The van der Waals surface area contributed by atoms with Gasteiger partial charge in [-0.15, -0.1) is 24.0 Å². The lowest BCUT2D eigenvalue weighted by Crippen LogP contribution is -2.42. The van der Waals surface area contributed by atoms with Crippen LogP contribution in [0.1, 0.15) is 46.2 Å². The molecule has 3 N–H and O–H groups in total. The number of hydrogen-bond donors (Lipinski definition) is 3.